The van der Waals surface area contributed by atoms with Gasteiger partial charge in [0.25, 0.3) is 5.91 Å². The molecule has 39 heavy (non-hydrogen) atoms. The van der Waals surface area contributed by atoms with Crippen molar-refractivity contribution in [3.63, 3.8) is 0 Å². The maximum Gasteiger partial charge on any atom is 0.337 e. The number of rotatable bonds is 7. The van der Waals surface area contributed by atoms with Gasteiger partial charge in [-0.15, -0.1) is 0 Å². The highest BCUT2D eigenvalue weighted by Gasteiger charge is 2.30. The van der Waals surface area contributed by atoms with Gasteiger partial charge in [-0.05, 0) is 78.6 Å². The molecule has 198 valence electrons. The van der Waals surface area contributed by atoms with Crippen molar-refractivity contribution >= 4 is 40.8 Å². The Labute approximate surface area is 231 Å². The Hall–Kier alpha value is -4.43. The Kier molecular flexibility index (Phi) is 7.21. The fraction of sp³-hybridized carbons (Fsp3) is 0.200. The molecule has 1 N–H and O–H groups in total. The first-order valence-corrected chi connectivity index (χ1v) is 12.9. The largest absolute Gasteiger partial charge is 0.493 e. The number of pyridine rings is 2. The Morgan fingerprint density at radius 1 is 1.05 bits per heavy atom. The first-order valence-electron chi connectivity index (χ1n) is 12.5. The summed E-state index contributed by atoms with van der Waals surface area (Å²) in [6.07, 6.45) is 4.07. The molecule has 0 unspecified atom stereocenters. The van der Waals surface area contributed by atoms with Crippen LogP contribution in [0.2, 0.25) is 5.02 Å². The summed E-state index contributed by atoms with van der Waals surface area (Å²) < 4.78 is 6.07. The molecule has 9 heteroatoms. The zero-order chi connectivity index (χ0) is 27.7. The van der Waals surface area contributed by atoms with Gasteiger partial charge in [0.05, 0.1) is 28.4 Å². The van der Waals surface area contributed by atoms with Gasteiger partial charge in [-0.2, -0.15) is 0 Å². The number of carboxylic acids is 1. The molecule has 3 heterocycles. The Morgan fingerprint density at radius 3 is 2.54 bits per heavy atom. The zero-order valence-electron chi connectivity index (χ0n) is 21.8. The lowest BCUT2D eigenvalue weighted by Gasteiger charge is -2.22. The van der Waals surface area contributed by atoms with Crippen LogP contribution in [-0.2, 0) is 6.42 Å². The molecule has 1 aliphatic heterocycles. The van der Waals surface area contributed by atoms with Crippen molar-refractivity contribution in [2.75, 3.05) is 30.0 Å². The lowest BCUT2D eigenvalue weighted by atomic mass is 10.0. The number of halogens is 1. The summed E-state index contributed by atoms with van der Waals surface area (Å²) in [7, 11) is 1.75. The zero-order valence-corrected chi connectivity index (χ0v) is 22.6. The Bertz CT molecular complexity index is 1590. The molecule has 1 amide bonds. The Morgan fingerprint density at radius 2 is 1.82 bits per heavy atom. The molecule has 0 fully saturated rings. The van der Waals surface area contributed by atoms with E-state index < -0.39 is 5.97 Å². The van der Waals surface area contributed by atoms with Crippen LogP contribution in [0.4, 0.5) is 17.3 Å². The van der Waals surface area contributed by atoms with E-state index in [1.54, 1.807) is 36.5 Å². The van der Waals surface area contributed by atoms with Crippen LogP contribution in [0.3, 0.4) is 0 Å². The fourth-order valence-corrected chi connectivity index (χ4v) is 4.96. The van der Waals surface area contributed by atoms with Gasteiger partial charge in [-0.1, -0.05) is 23.7 Å². The van der Waals surface area contributed by atoms with Crippen LogP contribution in [0.25, 0.3) is 11.1 Å². The SMILES string of the molecule is CCN1c2ncc(CCOc3ccc(-c4ccc(C(=O)O)c(Cl)c4)cc3C)cc2C(=O)N(C)c2cccnc21. The van der Waals surface area contributed by atoms with Gasteiger partial charge >= 0.3 is 5.97 Å². The summed E-state index contributed by atoms with van der Waals surface area (Å²) in [5, 5.41) is 9.39. The number of ether oxygens (including phenoxy) is 1. The second-order valence-electron chi connectivity index (χ2n) is 9.25. The van der Waals surface area contributed by atoms with Crippen LogP contribution in [0, 0.1) is 6.92 Å². The van der Waals surface area contributed by atoms with Gasteiger partial charge in [0, 0.05) is 32.4 Å². The van der Waals surface area contributed by atoms with Crippen molar-refractivity contribution in [3.05, 3.63) is 94.3 Å². The number of amides is 1. The highest BCUT2D eigenvalue weighted by atomic mass is 35.5. The van der Waals surface area contributed by atoms with Crippen LogP contribution in [0.5, 0.6) is 5.75 Å². The summed E-state index contributed by atoms with van der Waals surface area (Å²) in [5.74, 6) is 0.853. The van der Waals surface area contributed by atoms with E-state index in [9.17, 15) is 14.7 Å². The van der Waals surface area contributed by atoms with Gasteiger partial charge in [0.15, 0.2) is 5.82 Å². The average molecular weight is 543 g/mol. The molecule has 0 radical (unpaired) electrons. The topological polar surface area (TPSA) is 95.9 Å². The van der Waals surface area contributed by atoms with E-state index in [4.69, 9.17) is 16.3 Å². The van der Waals surface area contributed by atoms with Crippen LogP contribution in [0.15, 0.2) is 67.0 Å². The summed E-state index contributed by atoms with van der Waals surface area (Å²) in [5.41, 5.74) is 4.91. The van der Waals surface area contributed by atoms with E-state index in [0.717, 1.165) is 33.7 Å². The molecule has 0 bridgehead atoms. The number of carbonyl (C=O) groups is 2. The summed E-state index contributed by atoms with van der Waals surface area (Å²) in [4.78, 5) is 37.3. The van der Waals surface area contributed by atoms with E-state index in [2.05, 4.69) is 9.97 Å². The minimum atomic E-state index is -1.06. The third-order valence-corrected chi connectivity index (χ3v) is 7.08. The number of nitrogens with zero attached hydrogens (tertiary/aromatic N) is 4. The van der Waals surface area contributed by atoms with Crippen LogP contribution in [-0.4, -0.2) is 47.2 Å². The first-order chi connectivity index (χ1) is 18.8. The normalized spacial score (nSPS) is 12.6. The van der Waals surface area contributed by atoms with Crippen LogP contribution in [0.1, 0.15) is 38.8 Å². The maximum absolute atomic E-state index is 13.3. The molecular weight excluding hydrogens is 516 g/mol. The van der Waals surface area contributed by atoms with E-state index in [1.165, 1.54) is 6.07 Å². The molecular formula is C30H27ClN4O4. The lowest BCUT2D eigenvalue weighted by Crippen LogP contribution is -2.25. The molecule has 4 aromatic rings. The van der Waals surface area contributed by atoms with Crippen molar-refractivity contribution in [1.29, 1.82) is 0 Å². The maximum atomic E-state index is 13.3. The molecule has 0 atom stereocenters. The Balaban J connectivity index is 1.31. The standard InChI is InChI=1S/C30H27ClN4O4/c1-4-35-27-23(29(36)34(3)25-6-5-12-32-28(25)35)15-19(17-33-27)11-13-39-26-10-8-20(14-18(26)2)21-7-9-22(30(37)38)24(31)16-21/h5-10,12,14-17H,4,11,13H2,1-3H3,(H,37,38). The molecule has 0 spiro atoms. The van der Waals surface area contributed by atoms with E-state index in [1.807, 2.05) is 55.1 Å². The lowest BCUT2D eigenvalue weighted by molar-refractivity contribution is 0.0697. The van der Waals surface area contributed by atoms with Gasteiger partial charge in [-0.25, -0.2) is 14.8 Å². The number of hydrogen-bond acceptors (Lipinski definition) is 6. The number of aromatic carboxylic acids is 1. The summed E-state index contributed by atoms with van der Waals surface area (Å²) in [6.45, 7) is 4.99. The summed E-state index contributed by atoms with van der Waals surface area (Å²) >= 11 is 6.14. The van der Waals surface area contributed by atoms with Crippen molar-refractivity contribution in [2.45, 2.75) is 20.3 Å². The molecule has 2 aromatic carbocycles. The highest BCUT2D eigenvalue weighted by molar-refractivity contribution is 6.33. The predicted octanol–water partition coefficient (Wildman–Crippen LogP) is 6.17. The monoisotopic (exact) mass is 542 g/mol. The minimum absolute atomic E-state index is 0.0707. The van der Waals surface area contributed by atoms with E-state index in [-0.39, 0.29) is 16.5 Å². The van der Waals surface area contributed by atoms with Crippen molar-refractivity contribution in [1.82, 2.24) is 9.97 Å². The number of benzene rings is 2. The van der Waals surface area contributed by atoms with Crippen molar-refractivity contribution in [3.8, 4) is 16.9 Å². The average Bonchev–Trinajstić information content (AvgIpc) is 3.02. The number of aryl methyl sites for hydroxylation is 1. The number of hydrogen-bond donors (Lipinski definition) is 1. The molecule has 8 nitrogen and oxygen atoms in total. The van der Waals surface area contributed by atoms with Gasteiger partial charge in [-0.3, -0.25) is 4.79 Å². The van der Waals surface area contributed by atoms with Crippen LogP contribution < -0.4 is 14.5 Å². The van der Waals surface area contributed by atoms with E-state index in [0.29, 0.717) is 36.8 Å². The molecule has 2 aromatic heterocycles. The molecule has 0 aliphatic carbocycles. The van der Waals surface area contributed by atoms with Gasteiger partial charge in [0.2, 0.25) is 0 Å². The third kappa shape index (κ3) is 5.03. The molecule has 5 rings (SSSR count). The molecule has 0 saturated carbocycles. The van der Waals surface area contributed by atoms with E-state index >= 15 is 0 Å². The number of fused-ring (bicyclic) bond motifs is 2. The smallest absolute Gasteiger partial charge is 0.337 e. The molecule has 0 saturated heterocycles. The van der Waals surface area contributed by atoms with Gasteiger partial charge < -0.3 is 19.6 Å². The number of carbonyl (C=O) groups excluding carboxylic acids is 1. The highest BCUT2D eigenvalue weighted by Crippen LogP contribution is 2.37. The molecule has 1 aliphatic rings. The van der Waals surface area contributed by atoms with Crippen LogP contribution >= 0.6 is 11.6 Å². The van der Waals surface area contributed by atoms with Crippen molar-refractivity contribution in [2.24, 2.45) is 0 Å². The second kappa shape index (κ2) is 10.7. The minimum Gasteiger partial charge on any atom is -0.493 e. The predicted molar refractivity (Wildman–Crippen MR) is 152 cm³/mol. The summed E-state index contributed by atoms with van der Waals surface area (Å²) in [6, 6.07) is 16.3. The second-order valence-corrected chi connectivity index (χ2v) is 9.66. The first kappa shape index (κ1) is 26.2. The number of carboxylic acid groups (broad SMARTS) is 1. The number of anilines is 3. The number of aromatic nitrogens is 2. The van der Waals surface area contributed by atoms with Crippen molar-refractivity contribution < 1.29 is 19.4 Å². The third-order valence-electron chi connectivity index (χ3n) is 6.77. The fourth-order valence-electron chi connectivity index (χ4n) is 4.70. The van der Waals surface area contributed by atoms with Gasteiger partial charge in [0.1, 0.15) is 11.6 Å². The quantitative estimate of drug-likeness (QED) is 0.298.